The molecule has 112 valence electrons. The number of amides is 1. The molecule has 0 unspecified atom stereocenters. The lowest BCUT2D eigenvalue weighted by molar-refractivity contribution is 0.0526. The maximum Gasteiger partial charge on any atom is 0.367 e. The van der Waals surface area contributed by atoms with E-state index in [4.69, 9.17) is 4.74 Å². The van der Waals surface area contributed by atoms with Gasteiger partial charge in [-0.3, -0.25) is 9.48 Å². The van der Waals surface area contributed by atoms with Crippen LogP contribution < -0.4 is 5.32 Å². The normalized spacial score (nSPS) is 10.4. The molecule has 0 saturated heterocycles. The highest BCUT2D eigenvalue weighted by Gasteiger charge is 2.15. The average Bonchev–Trinajstić information content (AvgIpc) is 3.08. The summed E-state index contributed by atoms with van der Waals surface area (Å²) in [6.45, 7) is 4.97. The summed E-state index contributed by atoms with van der Waals surface area (Å²) in [6.07, 6.45) is 3.65. The van der Waals surface area contributed by atoms with Gasteiger partial charge in [-0.25, -0.2) is 9.78 Å². The first-order valence-corrected chi connectivity index (χ1v) is 7.38. The molecule has 0 radical (unpaired) electrons. The number of thiazole rings is 1. The third-order valence-electron chi connectivity index (χ3n) is 2.58. The van der Waals surface area contributed by atoms with E-state index >= 15 is 0 Å². The molecule has 7 nitrogen and oxygen atoms in total. The van der Waals surface area contributed by atoms with Crippen LogP contribution in [0.5, 0.6) is 0 Å². The summed E-state index contributed by atoms with van der Waals surface area (Å²) >= 11 is 1.10. The van der Waals surface area contributed by atoms with Crippen LogP contribution in [0.2, 0.25) is 0 Å². The number of rotatable bonds is 6. The van der Waals surface area contributed by atoms with Crippen LogP contribution >= 0.6 is 11.3 Å². The Morgan fingerprint density at radius 2 is 2.29 bits per heavy atom. The lowest BCUT2D eigenvalue weighted by Crippen LogP contribution is -2.27. The van der Waals surface area contributed by atoms with Gasteiger partial charge in [-0.2, -0.15) is 5.10 Å². The molecular formula is C13H16N4O3S. The summed E-state index contributed by atoms with van der Waals surface area (Å²) in [5, 5.41) is 8.58. The molecule has 0 bridgehead atoms. The molecule has 2 rings (SSSR count). The van der Waals surface area contributed by atoms with E-state index in [2.05, 4.69) is 15.4 Å². The van der Waals surface area contributed by atoms with Crippen molar-refractivity contribution in [1.82, 2.24) is 20.1 Å². The second kappa shape index (κ2) is 6.98. The van der Waals surface area contributed by atoms with Gasteiger partial charge in [0.25, 0.3) is 5.91 Å². The molecule has 1 amide bonds. The Labute approximate surface area is 125 Å². The van der Waals surface area contributed by atoms with E-state index in [-0.39, 0.29) is 23.2 Å². The number of nitrogens with one attached hydrogen (secondary N) is 1. The summed E-state index contributed by atoms with van der Waals surface area (Å²) in [5.41, 5.74) is 1.29. The Bertz CT molecular complexity index is 635. The molecule has 0 fully saturated rings. The number of carbonyl (C=O) groups excluding carboxylic acids is 2. The van der Waals surface area contributed by atoms with Crippen molar-refractivity contribution in [3.05, 3.63) is 34.0 Å². The van der Waals surface area contributed by atoms with E-state index in [0.717, 1.165) is 16.9 Å². The summed E-state index contributed by atoms with van der Waals surface area (Å²) in [4.78, 5) is 27.3. The monoisotopic (exact) mass is 308 g/mol. The molecule has 0 aliphatic rings. The largest absolute Gasteiger partial charge is 0.461 e. The van der Waals surface area contributed by atoms with Gasteiger partial charge in [0, 0.05) is 18.1 Å². The van der Waals surface area contributed by atoms with Crippen molar-refractivity contribution in [3.63, 3.8) is 0 Å². The van der Waals surface area contributed by atoms with E-state index < -0.39 is 5.97 Å². The van der Waals surface area contributed by atoms with Crippen molar-refractivity contribution in [2.24, 2.45) is 0 Å². The summed E-state index contributed by atoms with van der Waals surface area (Å²) < 4.78 is 6.58. The first-order valence-electron chi connectivity index (χ1n) is 6.50. The fourth-order valence-corrected chi connectivity index (χ4v) is 2.32. The number of esters is 1. The molecule has 0 atom stereocenters. The van der Waals surface area contributed by atoms with Crippen molar-refractivity contribution in [3.8, 4) is 0 Å². The summed E-state index contributed by atoms with van der Waals surface area (Å²) in [5.74, 6) is -0.820. The van der Waals surface area contributed by atoms with Gasteiger partial charge in [0.05, 0.1) is 19.3 Å². The zero-order valence-electron chi connectivity index (χ0n) is 11.8. The van der Waals surface area contributed by atoms with Gasteiger partial charge in [-0.15, -0.1) is 11.3 Å². The van der Waals surface area contributed by atoms with Gasteiger partial charge < -0.3 is 10.1 Å². The van der Waals surface area contributed by atoms with Crippen LogP contribution in [0.1, 0.15) is 32.8 Å². The minimum Gasteiger partial charge on any atom is -0.461 e. The Hall–Kier alpha value is -2.22. The highest BCUT2D eigenvalue weighted by atomic mass is 32.1. The molecule has 0 aliphatic carbocycles. The Balaban J connectivity index is 1.84. The van der Waals surface area contributed by atoms with Gasteiger partial charge in [0.2, 0.25) is 5.01 Å². The molecular weight excluding hydrogens is 292 g/mol. The predicted molar refractivity (Wildman–Crippen MR) is 77.4 cm³/mol. The lowest BCUT2D eigenvalue weighted by atomic mass is 10.4. The molecule has 21 heavy (non-hydrogen) atoms. The number of hydrogen-bond donors (Lipinski definition) is 1. The van der Waals surface area contributed by atoms with Gasteiger partial charge in [-0.05, 0) is 19.4 Å². The van der Waals surface area contributed by atoms with Crippen molar-refractivity contribution in [2.45, 2.75) is 20.4 Å². The number of aryl methyl sites for hydroxylation is 1. The Morgan fingerprint density at radius 1 is 1.48 bits per heavy atom. The zero-order valence-corrected chi connectivity index (χ0v) is 12.6. The second-order valence-corrected chi connectivity index (χ2v) is 5.15. The first kappa shape index (κ1) is 15.2. The van der Waals surface area contributed by atoms with Crippen molar-refractivity contribution < 1.29 is 14.3 Å². The molecule has 2 aromatic heterocycles. The van der Waals surface area contributed by atoms with Gasteiger partial charge in [0.1, 0.15) is 5.69 Å². The lowest BCUT2D eigenvalue weighted by Gasteiger charge is -2.03. The summed E-state index contributed by atoms with van der Waals surface area (Å²) in [7, 11) is 0. The number of hydrogen-bond acceptors (Lipinski definition) is 6. The van der Waals surface area contributed by atoms with E-state index in [1.54, 1.807) is 23.2 Å². The zero-order chi connectivity index (χ0) is 15.2. The number of carbonyl (C=O) groups is 2. The van der Waals surface area contributed by atoms with Crippen molar-refractivity contribution in [1.29, 1.82) is 0 Å². The standard InChI is InChI=1S/C13H16N4O3S/c1-3-20-13(19)12-16-10(8-21-12)11(18)14-4-5-17-7-9(2)6-15-17/h6-8H,3-5H2,1-2H3,(H,14,18). The minimum absolute atomic E-state index is 0.185. The number of aromatic nitrogens is 3. The van der Waals surface area contributed by atoms with Gasteiger partial charge in [-0.1, -0.05) is 0 Å². The van der Waals surface area contributed by atoms with Crippen LogP contribution in [-0.2, 0) is 11.3 Å². The first-order chi connectivity index (χ1) is 10.1. The predicted octanol–water partition coefficient (Wildman–Crippen LogP) is 1.25. The summed E-state index contributed by atoms with van der Waals surface area (Å²) in [6, 6.07) is 0. The highest BCUT2D eigenvalue weighted by molar-refractivity contribution is 7.11. The highest BCUT2D eigenvalue weighted by Crippen LogP contribution is 2.11. The Kier molecular flexibility index (Phi) is 5.04. The van der Waals surface area contributed by atoms with Crippen LogP contribution in [0, 0.1) is 6.92 Å². The van der Waals surface area contributed by atoms with Crippen LogP contribution in [0.4, 0.5) is 0 Å². The van der Waals surface area contributed by atoms with E-state index in [1.807, 2.05) is 13.1 Å². The van der Waals surface area contributed by atoms with Crippen LogP contribution in [-0.4, -0.2) is 39.8 Å². The minimum atomic E-state index is -0.506. The van der Waals surface area contributed by atoms with E-state index in [0.29, 0.717) is 13.1 Å². The van der Waals surface area contributed by atoms with Crippen LogP contribution in [0.3, 0.4) is 0 Å². The van der Waals surface area contributed by atoms with Crippen LogP contribution in [0.25, 0.3) is 0 Å². The van der Waals surface area contributed by atoms with Gasteiger partial charge in [0.15, 0.2) is 0 Å². The van der Waals surface area contributed by atoms with E-state index in [9.17, 15) is 9.59 Å². The third-order valence-corrected chi connectivity index (χ3v) is 3.40. The van der Waals surface area contributed by atoms with Crippen molar-refractivity contribution >= 4 is 23.2 Å². The third kappa shape index (κ3) is 4.12. The molecule has 2 heterocycles. The topological polar surface area (TPSA) is 86.1 Å². The maximum atomic E-state index is 11.9. The fourth-order valence-electron chi connectivity index (χ4n) is 1.63. The molecule has 0 aromatic carbocycles. The number of ether oxygens (including phenoxy) is 1. The van der Waals surface area contributed by atoms with Crippen LogP contribution in [0.15, 0.2) is 17.8 Å². The quantitative estimate of drug-likeness (QED) is 0.812. The molecule has 2 aromatic rings. The molecule has 0 spiro atoms. The number of nitrogens with zero attached hydrogens (tertiary/aromatic N) is 3. The average molecular weight is 308 g/mol. The van der Waals surface area contributed by atoms with Crippen molar-refractivity contribution in [2.75, 3.05) is 13.2 Å². The molecule has 8 heteroatoms. The SMILES string of the molecule is CCOC(=O)c1nc(C(=O)NCCn2cc(C)cn2)cs1. The Morgan fingerprint density at radius 3 is 2.95 bits per heavy atom. The van der Waals surface area contributed by atoms with E-state index in [1.165, 1.54) is 0 Å². The molecule has 0 aliphatic heterocycles. The fraction of sp³-hybridized carbons (Fsp3) is 0.385. The smallest absolute Gasteiger partial charge is 0.367 e. The second-order valence-electron chi connectivity index (χ2n) is 4.30. The molecule has 0 saturated carbocycles. The molecule has 1 N–H and O–H groups in total. The van der Waals surface area contributed by atoms with Gasteiger partial charge >= 0.3 is 5.97 Å². The maximum absolute atomic E-state index is 11.9.